The smallest absolute Gasteiger partial charge is 0.238 e. The number of rotatable bonds is 7. The Balaban J connectivity index is 1.13. The van der Waals surface area contributed by atoms with E-state index in [9.17, 15) is 0 Å². The van der Waals surface area contributed by atoms with Crippen molar-refractivity contribution < 1.29 is 4.42 Å². The van der Waals surface area contributed by atoms with E-state index in [1.807, 2.05) is 42.5 Å². The first-order valence-electron chi connectivity index (χ1n) is 21.7. The minimum atomic E-state index is 0.517. The van der Waals surface area contributed by atoms with Crippen LogP contribution in [0.25, 0.3) is 123 Å². The van der Waals surface area contributed by atoms with Crippen LogP contribution in [0.15, 0.2) is 223 Å². The van der Waals surface area contributed by atoms with Crippen molar-refractivity contribution in [1.29, 1.82) is 0 Å². The van der Waals surface area contributed by atoms with Crippen LogP contribution >= 0.6 is 0 Å². The molecule has 9 aromatic carbocycles. The van der Waals surface area contributed by atoms with Crippen LogP contribution in [-0.4, -0.2) is 29.1 Å². The van der Waals surface area contributed by atoms with Crippen LogP contribution < -0.4 is 0 Å². The van der Waals surface area contributed by atoms with E-state index in [0.717, 1.165) is 99.3 Å². The van der Waals surface area contributed by atoms with Gasteiger partial charge < -0.3 is 8.98 Å². The van der Waals surface area contributed by atoms with Gasteiger partial charge in [-0.15, -0.1) is 0 Å². The van der Waals surface area contributed by atoms with E-state index in [4.69, 9.17) is 24.4 Å². The van der Waals surface area contributed by atoms with E-state index < -0.39 is 0 Å². The molecule has 0 aliphatic rings. The Bertz CT molecular complexity index is 3820. The molecule has 0 bridgehead atoms. The molecule has 0 amide bonds. The van der Waals surface area contributed by atoms with Gasteiger partial charge in [-0.05, 0) is 70.8 Å². The third-order valence-electron chi connectivity index (χ3n) is 12.4. The number of aromatic nitrogens is 6. The zero-order chi connectivity index (χ0) is 42.8. The zero-order valence-corrected chi connectivity index (χ0v) is 34.9. The molecule has 7 nitrogen and oxygen atoms in total. The number of oxazole rings is 1. The molecule has 0 fully saturated rings. The molecule has 7 heteroatoms. The number of nitrogens with zero attached hydrogens (tertiary/aromatic N) is 6. The number of benzene rings is 9. The van der Waals surface area contributed by atoms with Crippen molar-refractivity contribution in [3.05, 3.63) is 218 Å². The Morgan fingerprint density at radius 1 is 0.338 bits per heavy atom. The van der Waals surface area contributed by atoms with Gasteiger partial charge >= 0.3 is 0 Å². The molecular formula is C58H36N6O. The zero-order valence-electron chi connectivity index (χ0n) is 34.9. The van der Waals surface area contributed by atoms with Crippen molar-refractivity contribution in [2.45, 2.75) is 0 Å². The largest absolute Gasteiger partial charge is 0.436 e. The lowest BCUT2D eigenvalue weighted by Gasteiger charge is -2.15. The first-order valence-corrected chi connectivity index (χ1v) is 21.7. The summed E-state index contributed by atoms with van der Waals surface area (Å²) in [5, 5.41) is 4.40. The summed E-state index contributed by atoms with van der Waals surface area (Å²) < 4.78 is 11.1. The minimum Gasteiger partial charge on any atom is -0.436 e. The van der Waals surface area contributed by atoms with Gasteiger partial charge in [0.15, 0.2) is 17.2 Å². The predicted octanol–water partition coefficient (Wildman–Crippen LogP) is 14.5. The molecule has 0 saturated carbocycles. The van der Waals surface area contributed by atoms with Gasteiger partial charge in [0.2, 0.25) is 11.8 Å². The van der Waals surface area contributed by atoms with Crippen LogP contribution in [0, 0.1) is 0 Å². The predicted molar refractivity (Wildman–Crippen MR) is 263 cm³/mol. The maximum Gasteiger partial charge on any atom is 0.238 e. The normalized spacial score (nSPS) is 11.7. The molecule has 0 atom stereocenters. The highest BCUT2D eigenvalue weighted by molar-refractivity contribution is 6.24. The van der Waals surface area contributed by atoms with Gasteiger partial charge in [0.05, 0.1) is 33.3 Å². The fourth-order valence-corrected chi connectivity index (χ4v) is 9.46. The van der Waals surface area contributed by atoms with Crippen LogP contribution in [0.4, 0.5) is 0 Å². The number of hydrogen-bond acceptors (Lipinski definition) is 5. The Hall–Kier alpha value is -8.94. The van der Waals surface area contributed by atoms with E-state index in [0.29, 0.717) is 23.5 Å². The topological polar surface area (TPSA) is 74.6 Å². The summed E-state index contributed by atoms with van der Waals surface area (Å²) in [4.78, 5) is 21.2. The van der Waals surface area contributed by atoms with Gasteiger partial charge in [0, 0.05) is 32.7 Å². The summed E-state index contributed by atoms with van der Waals surface area (Å²) in [6, 6.07) is 75.7. The molecule has 0 radical (unpaired) electrons. The van der Waals surface area contributed by atoms with E-state index in [1.54, 1.807) is 0 Å². The molecule has 0 spiro atoms. The lowest BCUT2D eigenvalue weighted by molar-refractivity contribution is 0.619. The number of hydrogen-bond donors (Lipinski definition) is 0. The maximum absolute atomic E-state index is 6.47. The van der Waals surface area contributed by atoms with Crippen LogP contribution in [0.2, 0.25) is 0 Å². The van der Waals surface area contributed by atoms with Gasteiger partial charge in [-0.2, -0.15) is 9.97 Å². The maximum atomic E-state index is 6.47. The van der Waals surface area contributed by atoms with Crippen molar-refractivity contribution in [3.63, 3.8) is 0 Å². The van der Waals surface area contributed by atoms with E-state index in [-0.39, 0.29) is 0 Å². The van der Waals surface area contributed by atoms with Crippen LogP contribution in [-0.2, 0) is 0 Å². The van der Waals surface area contributed by atoms with Crippen LogP contribution in [0.5, 0.6) is 0 Å². The fraction of sp³-hybridized carbons (Fsp3) is 0. The van der Waals surface area contributed by atoms with Crippen molar-refractivity contribution >= 4 is 54.7 Å². The molecule has 304 valence electrons. The Labute approximate surface area is 373 Å². The molecule has 0 aliphatic heterocycles. The third kappa shape index (κ3) is 6.05. The Morgan fingerprint density at radius 2 is 0.831 bits per heavy atom. The second-order valence-corrected chi connectivity index (χ2v) is 16.2. The lowest BCUT2D eigenvalue weighted by Crippen LogP contribution is -2.07. The molecule has 0 aliphatic carbocycles. The highest BCUT2D eigenvalue weighted by atomic mass is 16.3. The summed E-state index contributed by atoms with van der Waals surface area (Å²) in [5.41, 5.74) is 13.6. The fourth-order valence-electron chi connectivity index (χ4n) is 9.46. The molecule has 0 unspecified atom stereocenters. The number of fused-ring (bicyclic) bond motifs is 8. The summed E-state index contributed by atoms with van der Waals surface area (Å²) in [6.45, 7) is 0. The summed E-state index contributed by atoms with van der Waals surface area (Å²) >= 11 is 0. The molecule has 4 heterocycles. The third-order valence-corrected chi connectivity index (χ3v) is 12.4. The molecule has 4 aromatic heterocycles. The summed E-state index contributed by atoms with van der Waals surface area (Å²) in [7, 11) is 0. The lowest BCUT2D eigenvalue weighted by atomic mass is 10.0. The molecule has 65 heavy (non-hydrogen) atoms. The van der Waals surface area contributed by atoms with Crippen molar-refractivity contribution in [1.82, 2.24) is 29.1 Å². The second kappa shape index (κ2) is 14.9. The van der Waals surface area contributed by atoms with Crippen molar-refractivity contribution in [2.75, 3.05) is 0 Å². The Kier molecular flexibility index (Phi) is 8.39. The van der Waals surface area contributed by atoms with Gasteiger partial charge in [0.25, 0.3) is 0 Å². The molecular weight excluding hydrogens is 797 g/mol. The molecule has 0 N–H and O–H groups in total. The highest BCUT2D eigenvalue weighted by Gasteiger charge is 2.25. The van der Waals surface area contributed by atoms with Gasteiger partial charge in [-0.3, -0.25) is 4.57 Å². The van der Waals surface area contributed by atoms with Crippen LogP contribution in [0.3, 0.4) is 0 Å². The van der Waals surface area contributed by atoms with Gasteiger partial charge in [-0.25, -0.2) is 9.97 Å². The van der Waals surface area contributed by atoms with E-state index in [2.05, 4.69) is 185 Å². The average molecular weight is 833 g/mol. The monoisotopic (exact) mass is 832 g/mol. The van der Waals surface area contributed by atoms with Crippen molar-refractivity contribution in [3.8, 4) is 68.1 Å². The average Bonchev–Trinajstić information content (AvgIpc) is 4.07. The molecule has 13 aromatic rings. The molecule has 0 saturated heterocycles. The van der Waals surface area contributed by atoms with Gasteiger partial charge in [-0.1, -0.05) is 170 Å². The van der Waals surface area contributed by atoms with Crippen LogP contribution in [0.1, 0.15) is 0 Å². The summed E-state index contributed by atoms with van der Waals surface area (Å²) in [6.07, 6.45) is 0. The summed E-state index contributed by atoms with van der Waals surface area (Å²) in [5.74, 6) is 2.23. The van der Waals surface area contributed by atoms with Gasteiger partial charge in [0.1, 0.15) is 5.52 Å². The molecule has 13 rings (SSSR count). The first kappa shape index (κ1) is 36.7. The van der Waals surface area contributed by atoms with E-state index >= 15 is 0 Å². The SMILES string of the molecule is c1ccc(-c2cccc(-c3nc(-c4cccc(-c5ccccc5)c4)nc(-n4c5ccccc5c5ccc6c7ccccc7n(-c7ccccc7-c7nc8ccccc8o7)c6c54)n3)c2)cc1. The quantitative estimate of drug-likeness (QED) is 0.160. The first-order chi connectivity index (χ1) is 32.2. The highest BCUT2D eigenvalue weighted by Crippen LogP contribution is 2.43. The standard InChI is InChI=1S/C58H36N6O/c1-3-17-37(18-4-1)39-21-15-23-41(35-39)55-60-56(42-24-16-22-40(36-42)38-19-5-2-6-20-38)62-58(61-55)64-50-30-12-8-26-44(50)46-34-33-45-43-25-7-11-29-49(43)63(53(45)54(46)64)51-31-13-9-27-47(51)57-59-48-28-10-14-32-52(48)65-57/h1-36H. The van der Waals surface area contributed by atoms with Crippen molar-refractivity contribution in [2.24, 2.45) is 0 Å². The minimum absolute atomic E-state index is 0.517. The second-order valence-electron chi connectivity index (χ2n) is 16.2. The Morgan fingerprint density at radius 3 is 1.46 bits per heavy atom. The number of para-hydroxylation sites is 5. The van der Waals surface area contributed by atoms with E-state index in [1.165, 1.54) is 0 Å².